The van der Waals surface area contributed by atoms with E-state index < -0.39 is 11.9 Å². The summed E-state index contributed by atoms with van der Waals surface area (Å²) in [4.78, 5) is 16.4. The lowest BCUT2D eigenvalue weighted by Gasteiger charge is -2.12. The first-order valence-electron chi connectivity index (χ1n) is 10.5. The quantitative estimate of drug-likeness (QED) is 0.155. The number of rotatable bonds is 9. The fourth-order valence-corrected chi connectivity index (χ4v) is 3.20. The van der Waals surface area contributed by atoms with Gasteiger partial charge in [-0.1, -0.05) is 12.1 Å². The summed E-state index contributed by atoms with van der Waals surface area (Å²) in [7, 11) is 0. The number of aryl methyl sites for hydroxylation is 2. The van der Waals surface area contributed by atoms with Crippen molar-refractivity contribution >= 4 is 46.9 Å². The molecule has 180 valence electrons. The van der Waals surface area contributed by atoms with Gasteiger partial charge in [0.2, 0.25) is 5.95 Å². The van der Waals surface area contributed by atoms with Gasteiger partial charge in [-0.2, -0.15) is 13.2 Å². The molecular formula is C21H28F3IN8. The summed E-state index contributed by atoms with van der Waals surface area (Å²) >= 11 is 0. The van der Waals surface area contributed by atoms with Crippen LogP contribution in [0.25, 0.3) is 11.0 Å². The molecule has 0 spiro atoms. The van der Waals surface area contributed by atoms with Gasteiger partial charge in [-0.25, -0.2) is 15.0 Å². The van der Waals surface area contributed by atoms with Gasteiger partial charge in [0.15, 0.2) is 5.96 Å². The highest BCUT2D eigenvalue weighted by atomic mass is 127. The maximum Gasteiger partial charge on any atom is 0.433 e. The minimum absolute atomic E-state index is 0. The second kappa shape index (κ2) is 12.6. The molecule has 0 saturated heterocycles. The Bertz CT molecular complexity index is 1050. The average molecular weight is 576 g/mol. The molecular weight excluding hydrogens is 548 g/mol. The third-order valence-electron chi connectivity index (χ3n) is 4.65. The second-order valence-corrected chi connectivity index (χ2v) is 7.03. The first kappa shape index (κ1) is 26.6. The molecule has 0 radical (unpaired) electrons. The van der Waals surface area contributed by atoms with Gasteiger partial charge in [0.25, 0.3) is 0 Å². The third-order valence-corrected chi connectivity index (χ3v) is 4.65. The van der Waals surface area contributed by atoms with Crippen LogP contribution in [0, 0.1) is 6.92 Å². The van der Waals surface area contributed by atoms with Gasteiger partial charge in [0, 0.05) is 38.9 Å². The lowest BCUT2D eigenvalue weighted by Crippen LogP contribution is -2.39. The van der Waals surface area contributed by atoms with Gasteiger partial charge in [0.05, 0.1) is 11.0 Å². The number of anilines is 1. The number of halogens is 4. The number of aromatic nitrogens is 4. The lowest BCUT2D eigenvalue weighted by molar-refractivity contribution is -0.141. The number of imidazole rings is 1. The molecule has 0 atom stereocenters. The third kappa shape index (κ3) is 7.72. The van der Waals surface area contributed by atoms with E-state index in [1.165, 1.54) is 0 Å². The predicted octanol–water partition coefficient (Wildman–Crippen LogP) is 3.83. The van der Waals surface area contributed by atoms with Crippen molar-refractivity contribution in [1.82, 2.24) is 30.2 Å². The smallest absolute Gasteiger partial charge is 0.357 e. The molecule has 2 heterocycles. The molecule has 0 unspecified atom stereocenters. The van der Waals surface area contributed by atoms with Crippen molar-refractivity contribution in [3.05, 3.63) is 48.0 Å². The Balaban J connectivity index is 0.00000385. The van der Waals surface area contributed by atoms with Gasteiger partial charge in [-0.05, 0) is 38.5 Å². The summed E-state index contributed by atoms with van der Waals surface area (Å²) in [6.45, 7) is 6.86. The largest absolute Gasteiger partial charge is 0.433 e. The summed E-state index contributed by atoms with van der Waals surface area (Å²) in [6.07, 6.45) is -2.57. The normalized spacial score (nSPS) is 11.8. The summed E-state index contributed by atoms with van der Waals surface area (Å²) in [5, 5.41) is 9.09. The molecule has 0 amide bonds. The van der Waals surface area contributed by atoms with E-state index in [-0.39, 0.29) is 29.9 Å². The van der Waals surface area contributed by atoms with Crippen LogP contribution < -0.4 is 16.0 Å². The number of hydrogen-bond donors (Lipinski definition) is 3. The Morgan fingerprint density at radius 1 is 1.09 bits per heavy atom. The molecule has 3 N–H and O–H groups in total. The SMILES string of the molecule is CCNC(=NCCCn1c(C)nc2ccccc21)NCCNc1nccc(C(F)(F)F)n1.I. The monoisotopic (exact) mass is 576 g/mol. The molecule has 3 rings (SSSR count). The summed E-state index contributed by atoms with van der Waals surface area (Å²) in [5.74, 6) is 1.56. The summed E-state index contributed by atoms with van der Waals surface area (Å²) in [6, 6.07) is 8.89. The molecule has 0 aliphatic heterocycles. The van der Waals surface area contributed by atoms with Crippen LogP contribution in [0.15, 0.2) is 41.5 Å². The van der Waals surface area contributed by atoms with Crippen LogP contribution in [0.2, 0.25) is 0 Å². The molecule has 0 aliphatic rings. The number of aliphatic imine (C=N–C) groups is 1. The molecule has 2 aromatic heterocycles. The van der Waals surface area contributed by atoms with E-state index in [2.05, 4.69) is 46.5 Å². The van der Waals surface area contributed by atoms with Gasteiger partial charge in [-0.15, -0.1) is 24.0 Å². The molecule has 1 aromatic carbocycles. The lowest BCUT2D eigenvalue weighted by atomic mass is 10.3. The van der Waals surface area contributed by atoms with Crippen LogP contribution >= 0.6 is 24.0 Å². The Labute approximate surface area is 207 Å². The van der Waals surface area contributed by atoms with E-state index in [1.54, 1.807) is 0 Å². The van der Waals surface area contributed by atoms with E-state index in [4.69, 9.17) is 0 Å². The van der Waals surface area contributed by atoms with E-state index in [0.717, 1.165) is 42.1 Å². The second-order valence-electron chi connectivity index (χ2n) is 7.03. The van der Waals surface area contributed by atoms with E-state index in [0.29, 0.717) is 32.1 Å². The Morgan fingerprint density at radius 3 is 2.64 bits per heavy atom. The van der Waals surface area contributed by atoms with Crippen LogP contribution in [-0.4, -0.2) is 51.7 Å². The maximum absolute atomic E-state index is 12.7. The molecule has 8 nitrogen and oxygen atoms in total. The van der Waals surface area contributed by atoms with Gasteiger partial charge in [0.1, 0.15) is 11.5 Å². The average Bonchev–Trinajstić information content (AvgIpc) is 3.08. The number of alkyl halides is 3. The van der Waals surface area contributed by atoms with Crippen molar-refractivity contribution in [3.63, 3.8) is 0 Å². The number of guanidine groups is 1. The van der Waals surface area contributed by atoms with Crippen LogP contribution in [0.5, 0.6) is 0 Å². The topological polar surface area (TPSA) is 92.0 Å². The highest BCUT2D eigenvalue weighted by Gasteiger charge is 2.32. The van der Waals surface area contributed by atoms with Crippen LogP contribution in [-0.2, 0) is 12.7 Å². The van der Waals surface area contributed by atoms with Crippen molar-refractivity contribution in [3.8, 4) is 0 Å². The van der Waals surface area contributed by atoms with Crippen LogP contribution in [0.4, 0.5) is 19.1 Å². The van der Waals surface area contributed by atoms with Crippen LogP contribution in [0.1, 0.15) is 24.9 Å². The highest BCUT2D eigenvalue weighted by molar-refractivity contribution is 14.0. The van der Waals surface area contributed by atoms with E-state index in [9.17, 15) is 13.2 Å². The van der Waals surface area contributed by atoms with Gasteiger partial charge in [-0.3, -0.25) is 4.99 Å². The minimum Gasteiger partial charge on any atom is -0.357 e. The number of fused-ring (bicyclic) bond motifs is 1. The molecule has 12 heteroatoms. The standard InChI is InChI=1S/C21H27F3N8.HI/c1-3-25-19(28-12-13-29-20-27-11-9-18(31-20)21(22,23)24)26-10-6-14-32-15(2)30-16-7-4-5-8-17(16)32;/h4-5,7-9,11H,3,6,10,12-14H2,1-2H3,(H2,25,26,28)(H,27,29,31);1H. The molecule has 3 aromatic rings. The maximum atomic E-state index is 12.7. The summed E-state index contributed by atoms with van der Waals surface area (Å²) in [5.41, 5.74) is 1.13. The van der Waals surface area contributed by atoms with Crippen molar-refractivity contribution in [1.29, 1.82) is 0 Å². The van der Waals surface area contributed by atoms with E-state index >= 15 is 0 Å². The molecule has 0 bridgehead atoms. The number of nitrogens with zero attached hydrogens (tertiary/aromatic N) is 5. The van der Waals surface area contributed by atoms with Crippen molar-refractivity contribution in [2.75, 3.05) is 31.5 Å². The predicted molar refractivity (Wildman–Crippen MR) is 134 cm³/mol. The zero-order chi connectivity index (χ0) is 23.0. The molecule has 0 saturated carbocycles. The zero-order valence-electron chi connectivity index (χ0n) is 18.5. The highest BCUT2D eigenvalue weighted by Crippen LogP contribution is 2.27. The van der Waals surface area contributed by atoms with Gasteiger partial charge < -0.3 is 20.5 Å². The first-order chi connectivity index (χ1) is 15.4. The summed E-state index contributed by atoms with van der Waals surface area (Å²) < 4.78 is 40.4. The Morgan fingerprint density at radius 2 is 1.88 bits per heavy atom. The molecule has 33 heavy (non-hydrogen) atoms. The Kier molecular flexibility index (Phi) is 10.1. The van der Waals surface area contributed by atoms with Crippen molar-refractivity contribution in [2.45, 2.75) is 33.0 Å². The van der Waals surface area contributed by atoms with Crippen LogP contribution in [0.3, 0.4) is 0 Å². The fraction of sp³-hybridized carbons (Fsp3) is 0.429. The number of nitrogens with one attached hydrogen (secondary N) is 3. The fourth-order valence-electron chi connectivity index (χ4n) is 3.20. The zero-order valence-corrected chi connectivity index (χ0v) is 20.8. The molecule has 0 fully saturated rings. The van der Waals surface area contributed by atoms with Gasteiger partial charge >= 0.3 is 6.18 Å². The number of benzene rings is 1. The number of hydrogen-bond acceptors (Lipinski definition) is 5. The molecule has 0 aliphatic carbocycles. The van der Waals surface area contributed by atoms with E-state index in [1.807, 2.05) is 32.0 Å². The van der Waals surface area contributed by atoms with Crippen molar-refractivity contribution < 1.29 is 13.2 Å². The Hall–Kier alpha value is -2.64. The van der Waals surface area contributed by atoms with Crippen molar-refractivity contribution in [2.24, 2.45) is 4.99 Å². The first-order valence-corrected chi connectivity index (χ1v) is 10.5. The minimum atomic E-state index is -4.50. The number of para-hydroxylation sites is 2.